The quantitative estimate of drug-likeness (QED) is 0.570. The molecule has 0 atom stereocenters. The Balaban J connectivity index is 1.47. The normalized spacial score (nSPS) is 15.4. The molecule has 1 fully saturated rings. The number of hydrogen-bond acceptors (Lipinski definition) is 4. The number of rotatable bonds is 10. The van der Waals surface area contributed by atoms with Crippen LogP contribution in [0.4, 0.5) is 0 Å². The van der Waals surface area contributed by atoms with Gasteiger partial charge in [0.1, 0.15) is 0 Å². The second kappa shape index (κ2) is 11.7. The minimum absolute atomic E-state index is 0.0785. The fraction of sp³-hybridized carbons (Fsp3) is 0.542. The van der Waals surface area contributed by atoms with E-state index in [0.717, 1.165) is 50.7 Å². The van der Waals surface area contributed by atoms with Gasteiger partial charge in [0.15, 0.2) is 0 Å². The van der Waals surface area contributed by atoms with E-state index in [1.165, 1.54) is 22.5 Å². The van der Waals surface area contributed by atoms with E-state index in [-0.39, 0.29) is 5.91 Å². The van der Waals surface area contributed by atoms with Crippen molar-refractivity contribution in [3.05, 3.63) is 57.9 Å². The molecule has 1 aliphatic heterocycles. The summed E-state index contributed by atoms with van der Waals surface area (Å²) in [7, 11) is 1.64. The zero-order valence-electron chi connectivity index (χ0n) is 19.0. The maximum Gasteiger partial charge on any atom is 0.234 e. The van der Waals surface area contributed by atoms with E-state index in [0.29, 0.717) is 19.7 Å². The summed E-state index contributed by atoms with van der Waals surface area (Å²) in [6.45, 7) is 11.8. The summed E-state index contributed by atoms with van der Waals surface area (Å²) in [5.74, 6) is 0.0785. The number of halogens is 1. The van der Waals surface area contributed by atoms with Gasteiger partial charge in [-0.2, -0.15) is 0 Å². The SMILES string of the molecule is COCCNC(=O)CN1CCN(Cc2cc(C)n(CCc3ccc(Cl)cc3)c2C)CC1. The summed E-state index contributed by atoms with van der Waals surface area (Å²) in [5, 5.41) is 3.68. The molecule has 1 saturated heterocycles. The Hall–Kier alpha value is -1.86. The average molecular weight is 447 g/mol. The van der Waals surface area contributed by atoms with E-state index in [1.54, 1.807) is 7.11 Å². The molecule has 6 nitrogen and oxygen atoms in total. The van der Waals surface area contributed by atoms with Gasteiger partial charge in [0.25, 0.3) is 0 Å². The molecule has 7 heteroatoms. The molecule has 0 unspecified atom stereocenters. The van der Waals surface area contributed by atoms with Crippen molar-refractivity contribution in [2.24, 2.45) is 0 Å². The highest BCUT2D eigenvalue weighted by Crippen LogP contribution is 2.19. The molecule has 170 valence electrons. The predicted octanol–water partition coefficient (Wildman–Crippen LogP) is 2.88. The Labute approximate surface area is 191 Å². The molecule has 0 spiro atoms. The lowest BCUT2D eigenvalue weighted by atomic mass is 10.1. The van der Waals surface area contributed by atoms with Crippen LogP contribution >= 0.6 is 11.6 Å². The summed E-state index contributed by atoms with van der Waals surface area (Å²) in [6, 6.07) is 10.5. The second-order valence-electron chi connectivity index (χ2n) is 8.32. The van der Waals surface area contributed by atoms with E-state index in [9.17, 15) is 4.79 Å². The fourth-order valence-corrected chi connectivity index (χ4v) is 4.29. The lowest BCUT2D eigenvalue weighted by molar-refractivity contribution is -0.122. The molecule has 1 aliphatic rings. The minimum Gasteiger partial charge on any atom is -0.383 e. The van der Waals surface area contributed by atoms with Crippen LogP contribution in [-0.4, -0.2) is 73.3 Å². The van der Waals surface area contributed by atoms with E-state index in [1.807, 2.05) is 12.1 Å². The van der Waals surface area contributed by atoms with Crippen LogP contribution < -0.4 is 5.32 Å². The average Bonchev–Trinajstić information content (AvgIpc) is 3.02. The van der Waals surface area contributed by atoms with Gasteiger partial charge in [-0.05, 0) is 49.6 Å². The van der Waals surface area contributed by atoms with Gasteiger partial charge in [-0.25, -0.2) is 0 Å². The van der Waals surface area contributed by atoms with Crippen molar-refractivity contribution >= 4 is 17.5 Å². The van der Waals surface area contributed by atoms with Crippen LogP contribution in [0, 0.1) is 13.8 Å². The number of ether oxygens (including phenoxy) is 1. The number of piperazine rings is 1. The maximum atomic E-state index is 12.0. The predicted molar refractivity (Wildman–Crippen MR) is 126 cm³/mol. The third-order valence-electron chi connectivity index (χ3n) is 6.07. The zero-order chi connectivity index (χ0) is 22.2. The van der Waals surface area contributed by atoms with Crippen molar-refractivity contribution in [2.75, 3.05) is 53.0 Å². The lowest BCUT2D eigenvalue weighted by Crippen LogP contribution is -2.49. The summed E-state index contributed by atoms with van der Waals surface area (Å²) in [4.78, 5) is 16.7. The number of aryl methyl sites for hydroxylation is 2. The lowest BCUT2D eigenvalue weighted by Gasteiger charge is -2.34. The first-order chi connectivity index (χ1) is 15.0. The summed E-state index contributed by atoms with van der Waals surface area (Å²) in [6.07, 6.45) is 0.998. The second-order valence-corrected chi connectivity index (χ2v) is 8.76. The molecular formula is C24H35ClN4O2. The largest absolute Gasteiger partial charge is 0.383 e. The van der Waals surface area contributed by atoms with Gasteiger partial charge >= 0.3 is 0 Å². The zero-order valence-corrected chi connectivity index (χ0v) is 19.7. The number of methoxy groups -OCH3 is 1. The first-order valence-electron chi connectivity index (χ1n) is 11.1. The number of benzene rings is 1. The molecule has 0 bridgehead atoms. The molecule has 0 radical (unpaired) electrons. The van der Waals surface area contributed by atoms with Gasteiger partial charge in [-0.15, -0.1) is 0 Å². The van der Waals surface area contributed by atoms with Crippen LogP contribution in [0.1, 0.15) is 22.5 Å². The highest BCUT2D eigenvalue weighted by molar-refractivity contribution is 6.30. The van der Waals surface area contributed by atoms with Crippen molar-refractivity contribution in [3.8, 4) is 0 Å². The number of nitrogens with one attached hydrogen (secondary N) is 1. The Morgan fingerprint density at radius 2 is 1.77 bits per heavy atom. The first kappa shape index (κ1) is 23.8. The van der Waals surface area contributed by atoms with Crippen molar-refractivity contribution in [1.82, 2.24) is 19.7 Å². The smallest absolute Gasteiger partial charge is 0.234 e. The number of nitrogens with zero attached hydrogens (tertiary/aromatic N) is 3. The van der Waals surface area contributed by atoms with E-state index in [2.05, 4.69) is 51.7 Å². The van der Waals surface area contributed by atoms with Gasteiger partial charge in [-0.3, -0.25) is 14.6 Å². The van der Waals surface area contributed by atoms with Crippen LogP contribution in [0.5, 0.6) is 0 Å². The highest BCUT2D eigenvalue weighted by Gasteiger charge is 2.20. The Kier molecular flexibility index (Phi) is 8.96. The van der Waals surface area contributed by atoms with Crippen molar-refractivity contribution in [3.63, 3.8) is 0 Å². The molecule has 3 rings (SSSR count). The van der Waals surface area contributed by atoms with Gasteiger partial charge in [-0.1, -0.05) is 23.7 Å². The van der Waals surface area contributed by atoms with Gasteiger partial charge in [0, 0.05) is 69.3 Å². The Morgan fingerprint density at radius 1 is 1.10 bits per heavy atom. The highest BCUT2D eigenvalue weighted by atomic mass is 35.5. The topological polar surface area (TPSA) is 49.7 Å². The molecule has 1 N–H and O–H groups in total. The molecule has 2 heterocycles. The minimum atomic E-state index is 0.0785. The van der Waals surface area contributed by atoms with Crippen LogP contribution in [0.3, 0.4) is 0 Å². The van der Waals surface area contributed by atoms with Crippen molar-refractivity contribution in [1.29, 1.82) is 0 Å². The van der Waals surface area contributed by atoms with Gasteiger partial charge in [0.05, 0.1) is 13.2 Å². The summed E-state index contributed by atoms with van der Waals surface area (Å²) < 4.78 is 7.39. The van der Waals surface area contributed by atoms with Crippen LogP contribution in [0.15, 0.2) is 30.3 Å². The first-order valence-corrected chi connectivity index (χ1v) is 11.4. The third-order valence-corrected chi connectivity index (χ3v) is 6.32. The standard InChI is InChI=1S/C24H35ClN4O2/c1-19-16-22(20(2)29(19)10-8-21-4-6-23(25)7-5-21)17-27-11-13-28(14-12-27)18-24(30)26-9-15-31-3/h4-7,16H,8-15,17-18H2,1-3H3,(H,26,30). The van der Waals surface area contributed by atoms with Gasteiger partial charge in [0.2, 0.25) is 5.91 Å². The van der Waals surface area contributed by atoms with Crippen LogP contribution in [0.25, 0.3) is 0 Å². The molecular weight excluding hydrogens is 412 g/mol. The molecule has 0 aliphatic carbocycles. The third kappa shape index (κ3) is 7.07. The van der Waals surface area contributed by atoms with Crippen LogP contribution in [0.2, 0.25) is 5.02 Å². The van der Waals surface area contributed by atoms with Gasteiger partial charge < -0.3 is 14.6 Å². The van der Waals surface area contributed by atoms with Crippen LogP contribution in [-0.2, 0) is 29.0 Å². The summed E-state index contributed by atoms with van der Waals surface area (Å²) >= 11 is 6.00. The number of amides is 1. The number of carbonyl (C=O) groups is 1. The molecule has 0 saturated carbocycles. The monoisotopic (exact) mass is 446 g/mol. The Bertz CT molecular complexity index is 842. The van der Waals surface area contributed by atoms with E-state index < -0.39 is 0 Å². The van der Waals surface area contributed by atoms with E-state index >= 15 is 0 Å². The molecule has 1 aromatic heterocycles. The number of aromatic nitrogens is 1. The number of hydrogen-bond donors (Lipinski definition) is 1. The van der Waals surface area contributed by atoms with E-state index in [4.69, 9.17) is 16.3 Å². The fourth-order valence-electron chi connectivity index (χ4n) is 4.17. The summed E-state index contributed by atoms with van der Waals surface area (Å²) in [5.41, 5.74) is 5.37. The Morgan fingerprint density at radius 3 is 2.45 bits per heavy atom. The molecule has 1 amide bonds. The molecule has 1 aromatic carbocycles. The van der Waals surface area contributed by atoms with Crippen molar-refractivity contribution in [2.45, 2.75) is 33.4 Å². The molecule has 2 aromatic rings. The maximum absolute atomic E-state index is 12.0. The van der Waals surface area contributed by atoms with Crippen molar-refractivity contribution < 1.29 is 9.53 Å². The number of carbonyl (C=O) groups excluding carboxylic acids is 1. The molecule has 31 heavy (non-hydrogen) atoms.